The summed E-state index contributed by atoms with van der Waals surface area (Å²) in [5.41, 5.74) is 5.31. The SMILES string of the molecule is CCC(C)C(NC(=O)C(CN)OC)C(=O)O. The molecule has 0 rings (SSSR count). The van der Waals surface area contributed by atoms with E-state index >= 15 is 0 Å². The maximum Gasteiger partial charge on any atom is 0.326 e. The fourth-order valence-electron chi connectivity index (χ4n) is 1.24. The Morgan fingerprint density at radius 2 is 2.06 bits per heavy atom. The van der Waals surface area contributed by atoms with Gasteiger partial charge in [0.2, 0.25) is 0 Å². The van der Waals surface area contributed by atoms with Gasteiger partial charge in [0.1, 0.15) is 12.1 Å². The van der Waals surface area contributed by atoms with Gasteiger partial charge in [0, 0.05) is 13.7 Å². The highest BCUT2D eigenvalue weighted by Crippen LogP contribution is 2.08. The fraction of sp³-hybridized carbons (Fsp3) is 0.800. The van der Waals surface area contributed by atoms with Gasteiger partial charge in [-0.3, -0.25) is 4.79 Å². The summed E-state index contributed by atoms with van der Waals surface area (Å²) >= 11 is 0. The summed E-state index contributed by atoms with van der Waals surface area (Å²) in [5, 5.41) is 11.4. The molecule has 6 nitrogen and oxygen atoms in total. The number of nitrogens with one attached hydrogen (secondary N) is 1. The molecule has 0 fully saturated rings. The molecule has 3 unspecified atom stereocenters. The first kappa shape index (κ1) is 14.9. The first-order chi connectivity index (χ1) is 7.47. The van der Waals surface area contributed by atoms with Gasteiger partial charge in [0.15, 0.2) is 0 Å². The molecule has 0 aromatic heterocycles. The van der Waals surface area contributed by atoms with E-state index in [1.54, 1.807) is 6.92 Å². The Bertz CT molecular complexity index is 241. The number of amides is 1. The Labute approximate surface area is 95.1 Å². The van der Waals surface area contributed by atoms with Gasteiger partial charge in [-0.05, 0) is 5.92 Å². The van der Waals surface area contributed by atoms with Crippen LogP contribution in [0, 0.1) is 5.92 Å². The van der Waals surface area contributed by atoms with Gasteiger partial charge >= 0.3 is 5.97 Å². The zero-order valence-electron chi connectivity index (χ0n) is 9.90. The molecule has 0 aromatic rings. The zero-order chi connectivity index (χ0) is 12.7. The third-order valence-corrected chi connectivity index (χ3v) is 2.57. The number of nitrogens with two attached hydrogens (primary N) is 1. The molecule has 0 heterocycles. The Balaban J connectivity index is 4.51. The molecule has 4 N–H and O–H groups in total. The van der Waals surface area contributed by atoms with Crippen LogP contribution in [0.4, 0.5) is 0 Å². The van der Waals surface area contributed by atoms with Gasteiger partial charge in [-0.25, -0.2) is 4.79 Å². The van der Waals surface area contributed by atoms with Crippen LogP contribution in [0.1, 0.15) is 20.3 Å². The summed E-state index contributed by atoms with van der Waals surface area (Å²) in [5.74, 6) is -1.68. The van der Waals surface area contributed by atoms with Crippen molar-refractivity contribution in [2.45, 2.75) is 32.4 Å². The standard InChI is InChI=1S/C10H20N2O4/c1-4-6(2)8(10(14)15)12-9(13)7(5-11)16-3/h6-8H,4-5,11H2,1-3H3,(H,12,13)(H,14,15). The number of carboxylic acids is 1. The second-order valence-electron chi connectivity index (χ2n) is 3.67. The summed E-state index contributed by atoms with van der Waals surface area (Å²) in [4.78, 5) is 22.5. The number of hydrogen-bond acceptors (Lipinski definition) is 4. The quantitative estimate of drug-likeness (QED) is 0.553. The minimum Gasteiger partial charge on any atom is -0.480 e. The average Bonchev–Trinajstić information content (AvgIpc) is 2.26. The number of carbonyl (C=O) groups excluding carboxylic acids is 1. The Morgan fingerprint density at radius 3 is 2.38 bits per heavy atom. The molecule has 0 bridgehead atoms. The molecule has 16 heavy (non-hydrogen) atoms. The van der Waals surface area contributed by atoms with E-state index in [1.807, 2.05) is 6.92 Å². The lowest BCUT2D eigenvalue weighted by molar-refractivity contribution is -0.145. The molecule has 94 valence electrons. The zero-order valence-corrected chi connectivity index (χ0v) is 9.90. The van der Waals surface area contributed by atoms with E-state index in [2.05, 4.69) is 5.32 Å². The minimum absolute atomic E-state index is 0.0230. The van der Waals surface area contributed by atoms with Crippen LogP contribution in [0.3, 0.4) is 0 Å². The highest BCUT2D eigenvalue weighted by molar-refractivity contribution is 5.86. The molecule has 0 radical (unpaired) electrons. The van der Waals surface area contributed by atoms with Crippen molar-refractivity contribution in [1.82, 2.24) is 5.32 Å². The number of hydrogen-bond donors (Lipinski definition) is 3. The van der Waals surface area contributed by atoms with Gasteiger partial charge in [-0.15, -0.1) is 0 Å². The lowest BCUT2D eigenvalue weighted by Gasteiger charge is -2.22. The van der Waals surface area contributed by atoms with Crippen molar-refractivity contribution in [2.24, 2.45) is 11.7 Å². The number of ether oxygens (including phenoxy) is 1. The van der Waals surface area contributed by atoms with E-state index in [0.29, 0.717) is 6.42 Å². The van der Waals surface area contributed by atoms with Crippen molar-refractivity contribution in [1.29, 1.82) is 0 Å². The van der Waals surface area contributed by atoms with Crippen molar-refractivity contribution >= 4 is 11.9 Å². The molecule has 0 aliphatic rings. The largest absolute Gasteiger partial charge is 0.480 e. The summed E-state index contributed by atoms with van der Waals surface area (Å²) in [6.45, 7) is 3.65. The smallest absolute Gasteiger partial charge is 0.326 e. The van der Waals surface area contributed by atoms with Gasteiger partial charge < -0.3 is 20.9 Å². The predicted octanol–water partition coefficient (Wildman–Crippen LogP) is -0.424. The van der Waals surface area contributed by atoms with Crippen molar-refractivity contribution in [3.05, 3.63) is 0 Å². The highest BCUT2D eigenvalue weighted by atomic mass is 16.5. The van der Waals surface area contributed by atoms with Crippen LogP contribution in [-0.2, 0) is 14.3 Å². The summed E-state index contributed by atoms with van der Waals surface area (Å²) < 4.78 is 4.83. The lowest BCUT2D eigenvalue weighted by atomic mass is 9.99. The van der Waals surface area contributed by atoms with Crippen LogP contribution in [0.15, 0.2) is 0 Å². The summed E-state index contributed by atoms with van der Waals surface area (Å²) in [6, 6.07) is -0.901. The number of carbonyl (C=O) groups is 2. The minimum atomic E-state index is -1.05. The maximum absolute atomic E-state index is 11.6. The molecule has 0 saturated heterocycles. The molecule has 1 amide bonds. The number of carboxylic acid groups (broad SMARTS) is 1. The van der Waals surface area contributed by atoms with Crippen LogP contribution in [0.25, 0.3) is 0 Å². The van der Waals surface area contributed by atoms with E-state index in [0.717, 1.165) is 0 Å². The van der Waals surface area contributed by atoms with Crippen molar-refractivity contribution in [2.75, 3.05) is 13.7 Å². The monoisotopic (exact) mass is 232 g/mol. The van der Waals surface area contributed by atoms with Crippen molar-refractivity contribution in [3.63, 3.8) is 0 Å². The molecular formula is C10H20N2O4. The number of rotatable bonds is 7. The van der Waals surface area contributed by atoms with Crippen LogP contribution in [-0.4, -0.2) is 42.8 Å². The van der Waals surface area contributed by atoms with Crippen LogP contribution in [0.5, 0.6) is 0 Å². The second-order valence-corrected chi connectivity index (χ2v) is 3.67. The van der Waals surface area contributed by atoms with Gasteiger partial charge in [0.25, 0.3) is 5.91 Å². The van der Waals surface area contributed by atoms with Gasteiger partial charge in [0.05, 0.1) is 0 Å². The fourth-order valence-corrected chi connectivity index (χ4v) is 1.24. The molecule has 0 aliphatic carbocycles. The first-order valence-electron chi connectivity index (χ1n) is 5.23. The summed E-state index contributed by atoms with van der Waals surface area (Å²) in [6.07, 6.45) is -0.136. The van der Waals surface area contributed by atoms with E-state index in [1.165, 1.54) is 7.11 Å². The average molecular weight is 232 g/mol. The molecule has 6 heteroatoms. The normalized spacial score (nSPS) is 16.2. The Kier molecular flexibility index (Phi) is 6.67. The highest BCUT2D eigenvalue weighted by Gasteiger charge is 2.27. The second kappa shape index (κ2) is 7.19. The number of aliphatic carboxylic acids is 1. The maximum atomic E-state index is 11.6. The lowest BCUT2D eigenvalue weighted by Crippen LogP contribution is -2.50. The Hall–Kier alpha value is -1.14. The van der Waals surface area contributed by atoms with Crippen molar-refractivity contribution < 1.29 is 19.4 Å². The molecule has 0 saturated carbocycles. The molecular weight excluding hydrogens is 212 g/mol. The van der Waals surface area contributed by atoms with Gasteiger partial charge in [-0.1, -0.05) is 20.3 Å². The van der Waals surface area contributed by atoms with Crippen LogP contribution < -0.4 is 11.1 Å². The van der Waals surface area contributed by atoms with Crippen molar-refractivity contribution in [3.8, 4) is 0 Å². The molecule has 0 aliphatic heterocycles. The van der Waals surface area contributed by atoms with Gasteiger partial charge in [-0.2, -0.15) is 0 Å². The van der Waals surface area contributed by atoms with E-state index < -0.39 is 24.0 Å². The first-order valence-corrected chi connectivity index (χ1v) is 5.23. The Morgan fingerprint density at radius 1 is 1.50 bits per heavy atom. The molecule has 0 aromatic carbocycles. The molecule has 3 atom stereocenters. The number of methoxy groups -OCH3 is 1. The van der Waals surface area contributed by atoms with Crippen LogP contribution in [0.2, 0.25) is 0 Å². The third-order valence-electron chi connectivity index (χ3n) is 2.57. The van der Waals surface area contributed by atoms with Crippen LogP contribution >= 0.6 is 0 Å². The molecule has 0 spiro atoms. The van der Waals surface area contributed by atoms with E-state index in [-0.39, 0.29) is 12.5 Å². The predicted molar refractivity (Wildman–Crippen MR) is 58.9 cm³/mol. The van der Waals surface area contributed by atoms with E-state index in [9.17, 15) is 9.59 Å². The topological polar surface area (TPSA) is 102 Å². The summed E-state index contributed by atoms with van der Waals surface area (Å²) in [7, 11) is 1.36. The third kappa shape index (κ3) is 4.16. The van der Waals surface area contributed by atoms with E-state index in [4.69, 9.17) is 15.6 Å².